The first kappa shape index (κ1) is 24.8. The van der Waals surface area contributed by atoms with Crippen molar-refractivity contribution >= 4 is 0 Å². The number of rotatable bonds is 14. The van der Waals surface area contributed by atoms with Crippen LogP contribution in [0, 0.1) is 23.2 Å². The summed E-state index contributed by atoms with van der Waals surface area (Å²) < 4.78 is 0. The highest BCUT2D eigenvalue weighted by Crippen LogP contribution is 2.37. The van der Waals surface area contributed by atoms with Gasteiger partial charge >= 0.3 is 0 Å². The first-order valence-electron chi connectivity index (χ1n) is 11.6. The summed E-state index contributed by atoms with van der Waals surface area (Å²) in [5.74, 6) is 2.09. The standard InChI is InChI=1S/C27H47N/c1-9-23(17-18-28-26-15-16-26)20-24(10-2)19-22(6)13-12-14-25(11-3)27(7,8)21(4)5/h9,12,14,17-18,22,24-26,28H,4,10-11,13,15-16,19-20H2,1-3,5-8H3/b14-12-,18-17-,23-9+. The Kier molecular flexibility index (Phi) is 10.9. The zero-order valence-electron chi connectivity index (χ0n) is 19.9. The lowest BCUT2D eigenvalue weighted by Crippen LogP contribution is -2.22. The number of hydrogen-bond donors (Lipinski definition) is 1. The Hall–Kier alpha value is -1.24. The maximum atomic E-state index is 4.21. The number of nitrogens with one attached hydrogen (secondary N) is 1. The maximum absolute atomic E-state index is 4.21. The smallest absolute Gasteiger partial charge is 0.0257 e. The molecule has 1 N–H and O–H groups in total. The second kappa shape index (κ2) is 12.3. The molecule has 0 aliphatic heterocycles. The third kappa shape index (κ3) is 8.84. The van der Waals surface area contributed by atoms with Crippen molar-refractivity contribution in [2.75, 3.05) is 0 Å². The molecular formula is C27H47N. The van der Waals surface area contributed by atoms with E-state index in [-0.39, 0.29) is 5.41 Å². The zero-order chi connectivity index (χ0) is 21.2. The van der Waals surface area contributed by atoms with Gasteiger partial charge in [-0.3, -0.25) is 0 Å². The third-order valence-electron chi connectivity index (χ3n) is 6.79. The van der Waals surface area contributed by atoms with Crippen LogP contribution >= 0.6 is 0 Å². The van der Waals surface area contributed by atoms with Gasteiger partial charge in [-0.1, -0.05) is 77.0 Å². The van der Waals surface area contributed by atoms with Gasteiger partial charge in [0.1, 0.15) is 0 Å². The summed E-state index contributed by atoms with van der Waals surface area (Å²) in [6, 6.07) is 0.741. The van der Waals surface area contributed by atoms with Gasteiger partial charge in [0.25, 0.3) is 0 Å². The van der Waals surface area contributed by atoms with Gasteiger partial charge < -0.3 is 5.32 Å². The largest absolute Gasteiger partial charge is 0.388 e. The molecule has 1 heteroatoms. The predicted molar refractivity (Wildman–Crippen MR) is 127 cm³/mol. The minimum Gasteiger partial charge on any atom is -0.388 e. The SMILES string of the molecule is C=C(C)C(C)(C)C(/C=C\CC(C)CC(CC)CC(/C=C\NC1CC1)=C/C)CC. The summed E-state index contributed by atoms with van der Waals surface area (Å²) in [5, 5.41) is 3.48. The van der Waals surface area contributed by atoms with Gasteiger partial charge in [0.05, 0.1) is 0 Å². The summed E-state index contributed by atoms with van der Waals surface area (Å²) in [7, 11) is 0. The molecule has 0 spiro atoms. The van der Waals surface area contributed by atoms with Crippen molar-refractivity contribution in [3.63, 3.8) is 0 Å². The summed E-state index contributed by atoms with van der Waals surface area (Å²) in [4.78, 5) is 0. The van der Waals surface area contributed by atoms with E-state index < -0.39 is 0 Å². The first-order chi connectivity index (χ1) is 13.2. The molecule has 0 aromatic rings. The Bertz CT molecular complexity index is 545. The van der Waals surface area contributed by atoms with E-state index in [1.54, 1.807) is 0 Å². The minimum absolute atomic E-state index is 0.183. The molecule has 0 bridgehead atoms. The topological polar surface area (TPSA) is 12.0 Å². The molecular weight excluding hydrogens is 338 g/mol. The van der Waals surface area contributed by atoms with Crippen molar-refractivity contribution < 1.29 is 0 Å². The molecule has 3 unspecified atom stereocenters. The van der Waals surface area contributed by atoms with Crippen LogP contribution in [0.25, 0.3) is 0 Å². The van der Waals surface area contributed by atoms with Crippen molar-refractivity contribution in [3.05, 3.63) is 48.2 Å². The Balaban J connectivity index is 2.50. The third-order valence-corrected chi connectivity index (χ3v) is 6.79. The van der Waals surface area contributed by atoms with E-state index in [4.69, 9.17) is 0 Å². The molecule has 1 rings (SSSR count). The molecule has 0 aromatic heterocycles. The van der Waals surface area contributed by atoms with Gasteiger partial charge in [0.2, 0.25) is 0 Å². The summed E-state index contributed by atoms with van der Waals surface area (Å²) in [6.45, 7) is 20.3. The lowest BCUT2D eigenvalue weighted by atomic mass is 9.72. The Morgan fingerprint density at radius 2 is 1.89 bits per heavy atom. The average molecular weight is 386 g/mol. The second-order valence-corrected chi connectivity index (χ2v) is 9.64. The predicted octanol–water partition coefficient (Wildman–Crippen LogP) is 8.22. The van der Waals surface area contributed by atoms with Crippen molar-refractivity contribution in [2.45, 2.75) is 99.5 Å². The van der Waals surface area contributed by atoms with Gasteiger partial charge in [-0.05, 0) is 87.8 Å². The zero-order valence-corrected chi connectivity index (χ0v) is 19.9. The molecule has 3 atom stereocenters. The summed E-state index contributed by atoms with van der Waals surface area (Å²) >= 11 is 0. The molecule has 160 valence electrons. The molecule has 1 nitrogen and oxygen atoms in total. The molecule has 0 saturated heterocycles. The van der Waals surface area contributed by atoms with Crippen LogP contribution in [0.2, 0.25) is 0 Å². The molecule has 28 heavy (non-hydrogen) atoms. The van der Waals surface area contributed by atoms with Crippen LogP contribution in [-0.2, 0) is 0 Å². The van der Waals surface area contributed by atoms with E-state index in [0.29, 0.717) is 5.92 Å². The highest BCUT2D eigenvalue weighted by molar-refractivity contribution is 5.18. The van der Waals surface area contributed by atoms with E-state index in [1.807, 2.05) is 0 Å². The molecule has 0 heterocycles. The molecule has 1 fully saturated rings. The fourth-order valence-electron chi connectivity index (χ4n) is 3.89. The van der Waals surface area contributed by atoms with Crippen LogP contribution < -0.4 is 5.32 Å². The van der Waals surface area contributed by atoms with Crippen molar-refractivity contribution in [1.82, 2.24) is 5.32 Å². The van der Waals surface area contributed by atoms with Crippen LogP contribution in [0.1, 0.15) is 93.4 Å². The first-order valence-corrected chi connectivity index (χ1v) is 11.6. The van der Waals surface area contributed by atoms with Gasteiger partial charge in [0.15, 0.2) is 0 Å². The monoisotopic (exact) mass is 385 g/mol. The lowest BCUT2D eigenvalue weighted by Gasteiger charge is -2.32. The van der Waals surface area contributed by atoms with Crippen LogP contribution in [0.4, 0.5) is 0 Å². The Morgan fingerprint density at radius 1 is 1.21 bits per heavy atom. The van der Waals surface area contributed by atoms with E-state index in [9.17, 15) is 0 Å². The fourth-order valence-corrected chi connectivity index (χ4v) is 3.89. The van der Waals surface area contributed by atoms with Crippen molar-refractivity contribution in [3.8, 4) is 0 Å². The van der Waals surface area contributed by atoms with E-state index in [1.165, 1.54) is 56.1 Å². The van der Waals surface area contributed by atoms with Crippen molar-refractivity contribution in [2.24, 2.45) is 23.2 Å². The van der Waals surface area contributed by atoms with Gasteiger partial charge in [-0.25, -0.2) is 0 Å². The van der Waals surface area contributed by atoms with Gasteiger partial charge in [-0.15, -0.1) is 0 Å². The van der Waals surface area contributed by atoms with Crippen molar-refractivity contribution in [1.29, 1.82) is 0 Å². The van der Waals surface area contributed by atoms with E-state index >= 15 is 0 Å². The minimum atomic E-state index is 0.183. The van der Waals surface area contributed by atoms with Crippen LogP contribution in [0.3, 0.4) is 0 Å². The van der Waals surface area contributed by atoms with Gasteiger partial charge in [0, 0.05) is 6.04 Å². The maximum Gasteiger partial charge on any atom is 0.0257 e. The lowest BCUT2D eigenvalue weighted by molar-refractivity contribution is 0.311. The highest BCUT2D eigenvalue weighted by atomic mass is 14.9. The molecule has 1 aliphatic carbocycles. The number of allylic oxidation sites excluding steroid dienone is 6. The molecule has 0 aromatic carbocycles. The highest BCUT2D eigenvalue weighted by Gasteiger charge is 2.26. The fraction of sp³-hybridized carbons (Fsp3) is 0.704. The summed E-state index contributed by atoms with van der Waals surface area (Å²) in [6.07, 6.45) is 20.4. The summed E-state index contributed by atoms with van der Waals surface area (Å²) in [5.41, 5.74) is 2.94. The molecule has 0 amide bonds. The van der Waals surface area contributed by atoms with E-state index in [0.717, 1.165) is 17.9 Å². The number of hydrogen-bond acceptors (Lipinski definition) is 1. The Labute approximate surface area is 176 Å². The molecule has 1 aliphatic rings. The van der Waals surface area contributed by atoms with Crippen LogP contribution in [0.5, 0.6) is 0 Å². The molecule has 1 saturated carbocycles. The van der Waals surface area contributed by atoms with Gasteiger partial charge in [-0.2, -0.15) is 0 Å². The van der Waals surface area contributed by atoms with Crippen LogP contribution in [-0.4, -0.2) is 6.04 Å². The Morgan fingerprint density at radius 3 is 2.39 bits per heavy atom. The normalized spacial score (nSPS) is 19.2. The molecule has 0 radical (unpaired) electrons. The quantitative estimate of drug-likeness (QED) is 0.234. The average Bonchev–Trinajstić information content (AvgIpc) is 3.47. The van der Waals surface area contributed by atoms with E-state index in [2.05, 4.69) is 90.9 Å². The van der Waals surface area contributed by atoms with Crippen LogP contribution in [0.15, 0.2) is 48.2 Å². The second-order valence-electron chi connectivity index (χ2n) is 9.64.